The maximum atomic E-state index is 12.4. The Morgan fingerprint density at radius 2 is 1.91 bits per heavy atom. The number of hydrogen-bond donors (Lipinski definition) is 2. The van der Waals surface area contributed by atoms with Crippen LogP contribution in [0.2, 0.25) is 0 Å². The molecule has 1 amide bonds. The molecule has 23 heavy (non-hydrogen) atoms. The molecule has 5 nitrogen and oxygen atoms in total. The normalized spacial score (nSPS) is 16.6. The number of carboxylic acids is 1. The summed E-state index contributed by atoms with van der Waals surface area (Å²) < 4.78 is 5.16. The molecular formula is C18H25NO4. The van der Waals surface area contributed by atoms with Gasteiger partial charge in [0, 0.05) is 12.1 Å². The molecule has 0 spiro atoms. The zero-order chi connectivity index (χ0) is 16.9. The number of rotatable bonds is 6. The molecule has 0 radical (unpaired) electrons. The van der Waals surface area contributed by atoms with Crippen molar-refractivity contribution in [1.82, 2.24) is 0 Å². The number of hydrogen-bond acceptors (Lipinski definition) is 3. The van der Waals surface area contributed by atoms with Crippen LogP contribution < -0.4 is 10.1 Å². The van der Waals surface area contributed by atoms with E-state index in [0.717, 1.165) is 49.1 Å². The first-order chi connectivity index (χ1) is 10.9. The monoisotopic (exact) mass is 319 g/mol. The molecule has 1 saturated carbocycles. The van der Waals surface area contributed by atoms with Crippen LogP contribution in [0.1, 0.15) is 50.5 Å². The van der Waals surface area contributed by atoms with Crippen molar-refractivity contribution in [3.8, 4) is 5.75 Å². The largest absolute Gasteiger partial charge is 0.497 e. The van der Waals surface area contributed by atoms with E-state index in [2.05, 4.69) is 5.32 Å². The van der Waals surface area contributed by atoms with Crippen LogP contribution >= 0.6 is 0 Å². The van der Waals surface area contributed by atoms with Crippen molar-refractivity contribution < 1.29 is 19.4 Å². The van der Waals surface area contributed by atoms with E-state index in [9.17, 15) is 14.7 Å². The minimum absolute atomic E-state index is 0.0714. The molecule has 0 aromatic heterocycles. The van der Waals surface area contributed by atoms with Crippen LogP contribution in [-0.4, -0.2) is 24.1 Å². The summed E-state index contributed by atoms with van der Waals surface area (Å²) in [7, 11) is 1.60. The van der Waals surface area contributed by atoms with Gasteiger partial charge in [-0.2, -0.15) is 0 Å². The first-order valence-corrected chi connectivity index (χ1v) is 8.10. The molecule has 0 unspecified atom stereocenters. The van der Waals surface area contributed by atoms with Gasteiger partial charge < -0.3 is 15.2 Å². The molecular weight excluding hydrogens is 294 g/mol. The number of ether oxygens (including phenoxy) is 1. The van der Waals surface area contributed by atoms with Gasteiger partial charge in [0.1, 0.15) is 5.75 Å². The van der Waals surface area contributed by atoms with Gasteiger partial charge in [-0.05, 0) is 48.9 Å². The second-order valence-corrected chi connectivity index (χ2v) is 6.54. The highest BCUT2D eigenvalue weighted by Gasteiger charge is 2.36. The summed E-state index contributed by atoms with van der Waals surface area (Å²) >= 11 is 0. The summed E-state index contributed by atoms with van der Waals surface area (Å²) in [5.74, 6) is -0.183. The molecule has 0 saturated heterocycles. The number of anilines is 1. The van der Waals surface area contributed by atoms with Crippen molar-refractivity contribution in [2.75, 3.05) is 12.4 Å². The average Bonchev–Trinajstić information content (AvgIpc) is 2.49. The van der Waals surface area contributed by atoms with Gasteiger partial charge in [0.15, 0.2) is 0 Å². The van der Waals surface area contributed by atoms with E-state index in [0.29, 0.717) is 0 Å². The number of aryl methyl sites for hydroxylation is 1. The molecule has 2 N–H and O–H groups in total. The Balaban J connectivity index is 2.05. The summed E-state index contributed by atoms with van der Waals surface area (Å²) in [4.78, 5) is 23.6. The first-order valence-electron chi connectivity index (χ1n) is 8.10. The van der Waals surface area contributed by atoms with E-state index in [4.69, 9.17) is 4.74 Å². The van der Waals surface area contributed by atoms with Crippen molar-refractivity contribution in [3.63, 3.8) is 0 Å². The number of aliphatic carboxylic acids is 1. The van der Waals surface area contributed by atoms with Crippen LogP contribution in [0.4, 0.5) is 5.69 Å². The fourth-order valence-corrected chi connectivity index (χ4v) is 3.48. The minimum atomic E-state index is -0.819. The van der Waals surface area contributed by atoms with Gasteiger partial charge in [-0.15, -0.1) is 0 Å². The summed E-state index contributed by atoms with van der Waals surface area (Å²) in [6, 6.07) is 5.48. The van der Waals surface area contributed by atoms with Crippen LogP contribution in [-0.2, 0) is 9.59 Å². The third-order valence-corrected chi connectivity index (χ3v) is 4.68. The molecule has 2 rings (SSSR count). The van der Waals surface area contributed by atoms with Gasteiger partial charge in [-0.3, -0.25) is 9.59 Å². The Morgan fingerprint density at radius 1 is 1.22 bits per heavy atom. The molecule has 1 aliphatic rings. The topological polar surface area (TPSA) is 75.6 Å². The van der Waals surface area contributed by atoms with Crippen LogP contribution in [0.15, 0.2) is 18.2 Å². The predicted octanol–water partition coefficient (Wildman–Crippen LogP) is 3.76. The lowest BCUT2D eigenvalue weighted by atomic mass is 9.69. The van der Waals surface area contributed by atoms with Crippen LogP contribution in [0, 0.1) is 12.3 Å². The predicted molar refractivity (Wildman–Crippen MR) is 88.7 cm³/mol. The Kier molecular flexibility index (Phi) is 5.64. The minimum Gasteiger partial charge on any atom is -0.497 e. The Morgan fingerprint density at radius 3 is 2.48 bits per heavy atom. The average molecular weight is 319 g/mol. The molecule has 0 heterocycles. The lowest BCUT2D eigenvalue weighted by molar-refractivity contribution is -0.140. The van der Waals surface area contributed by atoms with E-state index >= 15 is 0 Å². The van der Waals surface area contributed by atoms with Crippen molar-refractivity contribution in [1.29, 1.82) is 0 Å². The van der Waals surface area contributed by atoms with Gasteiger partial charge >= 0.3 is 5.97 Å². The number of carboxylic acid groups (broad SMARTS) is 1. The molecule has 0 bridgehead atoms. The number of carbonyl (C=O) groups is 2. The maximum absolute atomic E-state index is 12.4. The SMILES string of the molecule is COc1ccc(NC(=O)CC2(CC(=O)O)CCCCC2)c(C)c1. The zero-order valence-corrected chi connectivity index (χ0v) is 13.9. The number of nitrogens with one attached hydrogen (secondary N) is 1. The first kappa shape index (κ1) is 17.3. The lowest BCUT2D eigenvalue weighted by Gasteiger charge is -2.35. The van der Waals surface area contributed by atoms with Crippen molar-refractivity contribution in [2.24, 2.45) is 5.41 Å². The number of methoxy groups -OCH3 is 1. The van der Waals surface area contributed by atoms with E-state index in [1.54, 1.807) is 13.2 Å². The molecule has 0 atom stereocenters. The van der Waals surface area contributed by atoms with E-state index in [-0.39, 0.29) is 18.7 Å². The number of amides is 1. The van der Waals surface area contributed by atoms with Gasteiger partial charge in [-0.1, -0.05) is 19.3 Å². The Labute approximate surface area is 137 Å². The summed E-state index contributed by atoms with van der Waals surface area (Å²) in [6.07, 6.45) is 5.10. The number of benzene rings is 1. The fraction of sp³-hybridized carbons (Fsp3) is 0.556. The summed E-state index contributed by atoms with van der Waals surface area (Å²) in [5.41, 5.74) is 1.28. The molecule has 1 aromatic rings. The van der Waals surface area contributed by atoms with Crippen LogP contribution in [0.5, 0.6) is 5.75 Å². The van der Waals surface area contributed by atoms with E-state index < -0.39 is 11.4 Å². The summed E-state index contributed by atoms with van der Waals surface area (Å²) in [5, 5.41) is 12.1. The van der Waals surface area contributed by atoms with Gasteiger partial charge in [0.25, 0.3) is 0 Å². The van der Waals surface area contributed by atoms with Gasteiger partial charge in [-0.25, -0.2) is 0 Å². The highest BCUT2D eigenvalue weighted by molar-refractivity contribution is 5.92. The highest BCUT2D eigenvalue weighted by Crippen LogP contribution is 2.42. The Hall–Kier alpha value is -2.04. The number of carbonyl (C=O) groups excluding carboxylic acids is 1. The van der Waals surface area contributed by atoms with Crippen LogP contribution in [0.3, 0.4) is 0 Å². The fourth-order valence-electron chi connectivity index (χ4n) is 3.48. The molecule has 5 heteroatoms. The second-order valence-electron chi connectivity index (χ2n) is 6.54. The smallest absolute Gasteiger partial charge is 0.303 e. The summed E-state index contributed by atoms with van der Waals surface area (Å²) in [6.45, 7) is 1.91. The third-order valence-electron chi connectivity index (χ3n) is 4.68. The van der Waals surface area contributed by atoms with Crippen molar-refractivity contribution in [2.45, 2.75) is 51.9 Å². The highest BCUT2D eigenvalue weighted by atomic mass is 16.5. The molecule has 1 aromatic carbocycles. The van der Waals surface area contributed by atoms with E-state index in [1.807, 2.05) is 19.1 Å². The van der Waals surface area contributed by atoms with E-state index in [1.165, 1.54) is 0 Å². The van der Waals surface area contributed by atoms with Crippen molar-refractivity contribution in [3.05, 3.63) is 23.8 Å². The molecule has 1 aliphatic carbocycles. The van der Waals surface area contributed by atoms with Gasteiger partial charge in [0.05, 0.1) is 13.5 Å². The molecule has 0 aliphatic heterocycles. The second kappa shape index (κ2) is 7.49. The maximum Gasteiger partial charge on any atom is 0.303 e. The molecule has 1 fully saturated rings. The standard InChI is InChI=1S/C18H25NO4/c1-13-10-14(23-2)6-7-15(13)19-16(20)11-18(12-17(21)22)8-4-3-5-9-18/h6-7,10H,3-5,8-9,11-12H2,1-2H3,(H,19,20)(H,21,22). The molecule has 126 valence electrons. The van der Waals surface area contributed by atoms with Crippen molar-refractivity contribution >= 4 is 17.6 Å². The third kappa shape index (κ3) is 4.71. The zero-order valence-electron chi connectivity index (χ0n) is 13.9. The Bertz CT molecular complexity index is 576. The van der Waals surface area contributed by atoms with Crippen LogP contribution in [0.25, 0.3) is 0 Å². The lowest BCUT2D eigenvalue weighted by Crippen LogP contribution is -2.32. The van der Waals surface area contributed by atoms with Gasteiger partial charge in [0.2, 0.25) is 5.91 Å². The quantitative estimate of drug-likeness (QED) is 0.837.